The molecule has 0 bridgehead atoms. The second-order valence-corrected chi connectivity index (χ2v) is 4.31. The van der Waals surface area contributed by atoms with E-state index in [0.29, 0.717) is 12.0 Å². The molecule has 2 atom stereocenters. The second kappa shape index (κ2) is 8.16. The van der Waals surface area contributed by atoms with Gasteiger partial charge in [-0.05, 0) is 12.0 Å². The number of benzene rings is 1. The molecule has 6 nitrogen and oxygen atoms in total. The predicted octanol–water partition coefficient (Wildman–Crippen LogP) is 1.70. The first-order valence-electron chi connectivity index (χ1n) is 6.45. The molecule has 6 heteroatoms. The minimum Gasteiger partial charge on any atom is -0.480 e. The number of unbranched alkanes of at least 4 members (excludes halogenated alkanes) is 1. The summed E-state index contributed by atoms with van der Waals surface area (Å²) in [5, 5.41) is 21.3. The van der Waals surface area contributed by atoms with Gasteiger partial charge in [-0.25, -0.2) is 9.59 Å². The Morgan fingerprint density at radius 3 is 2.50 bits per heavy atom. The van der Waals surface area contributed by atoms with Gasteiger partial charge in [0.25, 0.3) is 0 Å². The van der Waals surface area contributed by atoms with Crippen molar-refractivity contribution in [1.82, 2.24) is 5.32 Å². The van der Waals surface area contributed by atoms with Gasteiger partial charge in [0.15, 0.2) is 6.04 Å². The van der Waals surface area contributed by atoms with Crippen molar-refractivity contribution in [3.63, 3.8) is 0 Å². The van der Waals surface area contributed by atoms with Gasteiger partial charge in [0.05, 0.1) is 6.61 Å². The normalized spacial score (nSPS) is 13.3. The predicted molar refractivity (Wildman–Crippen MR) is 72.2 cm³/mol. The number of hydrogen-bond acceptors (Lipinski definition) is 4. The van der Waals surface area contributed by atoms with E-state index in [9.17, 15) is 14.7 Å². The van der Waals surface area contributed by atoms with E-state index in [4.69, 9.17) is 9.84 Å². The second-order valence-electron chi connectivity index (χ2n) is 4.31. The third kappa shape index (κ3) is 4.89. The van der Waals surface area contributed by atoms with Crippen LogP contribution in [0.3, 0.4) is 0 Å². The molecule has 1 amide bonds. The van der Waals surface area contributed by atoms with Crippen LogP contribution in [0.15, 0.2) is 30.3 Å². The minimum absolute atomic E-state index is 0.218. The van der Waals surface area contributed by atoms with Crippen molar-refractivity contribution in [2.75, 3.05) is 6.61 Å². The van der Waals surface area contributed by atoms with Crippen LogP contribution in [0.4, 0.5) is 4.79 Å². The van der Waals surface area contributed by atoms with Crippen molar-refractivity contribution in [2.24, 2.45) is 0 Å². The maximum absolute atomic E-state index is 11.5. The van der Waals surface area contributed by atoms with E-state index in [1.807, 2.05) is 6.92 Å². The zero-order valence-electron chi connectivity index (χ0n) is 11.3. The topological polar surface area (TPSA) is 95.9 Å². The fourth-order valence-electron chi connectivity index (χ4n) is 1.60. The molecule has 0 saturated heterocycles. The molecular weight excluding hydrogens is 262 g/mol. The minimum atomic E-state index is -1.45. The van der Waals surface area contributed by atoms with E-state index >= 15 is 0 Å². The molecule has 0 aliphatic rings. The van der Waals surface area contributed by atoms with Crippen LogP contribution in [0.5, 0.6) is 0 Å². The maximum atomic E-state index is 11.5. The lowest BCUT2D eigenvalue weighted by molar-refractivity contribution is -0.142. The molecule has 2 unspecified atom stereocenters. The van der Waals surface area contributed by atoms with Crippen molar-refractivity contribution in [2.45, 2.75) is 31.9 Å². The molecule has 0 aliphatic heterocycles. The number of aliphatic hydroxyl groups is 1. The zero-order chi connectivity index (χ0) is 15.0. The highest BCUT2D eigenvalue weighted by molar-refractivity contribution is 5.80. The van der Waals surface area contributed by atoms with Crippen LogP contribution in [0.2, 0.25) is 0 Å². The zero-order valence-corrected chi connectivity index (χ0v) is 11.3. The van der Waals surface area contributed by atoms with Crippen LogP contribution in [0.1, 0.15) is 31.4 Å². The molecule has 0 radical (unpaired) electrons. The number of nitrogens with one attached hydrogen (secondary N) is 1. The average Bonchev–Trinajstić information content (AvgIpc) is 2.45. The number of rotatable bonds is 7. The Morgan fingerprint density at radius 2 is 1.95 bits per heavy atom. The van der Waals surface area contributed by atoms with Crippen molar-refractivity contribution >= 4 is 12.1 Å². The van der Waals surface area contributed by atoms with Gasteiger partial charge in [0.2, 0.25) is 0 Å². The summed E-state index contributed by atoms with van der Waals surface area (Å²) in [5.74, 6) is -1.33. The first-order chi connectivity index (χ1) is 9.56. The number of ether oxygens (including phenoxy) is 1. The highest BCUT2D eigenvalue weighted by atomic mass is 16.5. The lowest BCUT2D eigenvalue weighted by Crippen LogP contribution is -2.45. The Bertz CT molecular complexity index is 434. The van der Waals surface area contributed by atoms with E-state index in [1.165, 1.54) is 0 Å². The molecule has 0 aliphatic carbocycles. The summed E-state index contributed by atoms with van der Waals surface area (Å²) in [6.07, 6.45) is -0.623. The summed E-state index contributed by atoms with van der Waals surface area (Å²) < 4.78 is 4.82. The van der Waals surface area contributed by atoms with Crippen LogP contribution in [-0.4, -0.2) is 34.9 Å². The van der Waals surface area contributed by atoms with Gasteiger partial charge < -0.3 is 20.3 Å². The SMILES string of the molecule is CCCCOC(=O)NC(C(=O)O)C(O)c1ccccc1. The fraction of sp³-hybridized carbons (Fsp3) is 0.429. The molecule has 0 saturated carbocycles. The number of amides is 1. The van der Waals surface area contributed by atoms with Gasteiger partial charge in [-0.3, -0.25) is 0 Å². The summed E-state index contributed by atoms with van der Waals surface area (Å²) in [7, 11) is 0. The molecule has 1 aromatic rings. The first-order valence-corrected chi connectivity index (χ1v) is 6.45. The van der Waals surface area contributed by atoms with Crippen LogP contribution in [0.25, 0.3) is 0 Å². The molecular formula is C14H19NO5. The molecule has 1 aromatic carbocycles. The van der Waals surface area contributed by atoms with Crippen molar-refractivity contribution in [1.29, 1.82) is 0 Å². The van der Waals surface area contributed by atoms with Crippen LogP contribution in [0, 0.1) is 0 Å². The standard InChI is InChI=1S/C14H19NO5/c1-2-3-9-20-14(19)15-11(13(17)18)12(16)10-7-5-4-6-8-10/h4-8,11-12,16H,2-3,9H2,1H3,(H,15,19)(H,17,18). The Kier molecular flexibility index (Phi) is 6.52. The average molecular weight is 281 g/mol. The number of aliphatic carboxylic acids is 1. The number of aliphatic hydroxyl groups excluding tert-OH is 1. The van der Waals surface area contributed by atoms with Crippen molar-refractivity contribution < 1.29 is 24.5 Å². The van der Waals surface area contributed by atoms with E-state index < -0.39 is 24.2 Å². The first kappa shape index (κ1) is 16.0. The van der Waals surface area contributed by atoms with E-state index in [-0.39, 0.29) is 6.61 Å². The quantitative estimate of drug-likeness (QED) is 0.661. The van der Waals surface area contributed by atoms with Crippen LogP contribution < -0.4 is 5.32 Å². The number of carboxylic acids is 1. The summed E-state index contributed by atoms with van der Waals surface area (Å²) in [6, 6.07) is 6.83. The molecule has 0 heterocycles. The lowest BCUT2D eigenvalue weighted by atomic mass is 10.0. The smallest absolute Gasteiger partial charge is 0.407 e. The highest BCUT2D eigenvalue weighted by Gasteiger charge is 2.29. The molecule has 3 N–H and O–H groups in total. The summed E-state index contributed by atoms with van der Waals surface area (Å²) in [5.41, 5.74) is 0.411. The van der Waals surface area contributed by atoms with E-state index in [2.05, 4.69) is 5.32 Å². The van der Waals surface area contributed by atoms with Gasteiger partial charge in [0, 0.05) is 0 Å². The molecule has 1 rings (SSSR count). The Labute approximate surface area is 117 Å². The Morgan fingerprint density at radius 1 is 1.30 bits per heavy atom. The van der Waals surface area contributed by atoms with Gasteiger partial charge in [-0.1, -0.05) is 43.7 Å². The Balaban J connectivity index is 2.65. The molecule has 0 fully saturated rings. The largest absolute Gasteiger partial charge is 0.480 e. The van der Waals surface area contributed by atoms with E-state index in [1.54, 1.807) is 30.3 Å². The summed E-state index contributed by atoms with van der Waals surface area (Å²) >= 11 is 0. The summed E-state index contributed by atoms with van der Waals surface area (Å²) in [6.45, 7) is 2.16. The number of hydrogen-bond donors (Lipinski definition) is 3. The van der Waals surface area contributed by atoms with Gasteiger partial charge in [-0.15, -0.1) is 0 Å². The third-order valence-corrected chi connectivity index (χ3v) is 2.73. The summed E-state index contributed by atoms with van der Waals surface area (Å²) in [4.78, 5) is 22.6. The fourth-order valence-corrected chi connectivity index (χ4v) is 1.60. The number of alkyl carbamates (subject to hydrolysis) is 1. The van der Waals surface area contributed by atoms with Gasteiger partial charge >= 0.3 is 12.1 Å². The van der Waals surface area contributed by atoms with E-state index in [0.717, 1.165) is 6.42 Å². The highest BCUT2D eigenvalue weighted by Crippen LogP contribution is 2.16. The van der Waals surface area contributed by atoms with Crippen molar-refractivity contribution in [3.05, 3.63) is 35.9 Å². The third-order valence-electron chi connectivity index (χ3n) is 2.73. The van der Waals surface area contributed by atoms with Crippen molar-refractivity contribution in [3.8, 4) is 0 Å². The lowest BCUT2D eigenvalue weighted by Gasteiger charge is -2.20. The molecule has 20 heavy (non-hydrogen) atoms. The molecule has 110 valence electrons. The monoisotopic (exact) mass is 281 g/mol. The number of carbonyl (C=O) groups is 2. The maximum Gasteiger partial charge on any atom is 0.407 e. The number of carboxylic acid groups (broad SMARTS) is 1. The Hall–Kier alpha value is -2.08. The molecule has 0 spiro atoms. The van der Waals surface area contributed by atoms with Crippen LogP contribution in [-0.2, 0) is 9.53 Å². The molecule has 0 aromatic heterocycles. The van der Waals surface area contributed by atoms with Gasteiger partial charge in [-0.2, -0.15) is 0 Å². The number of carbonyl (C=O) groups excluding carboxylic acids is 1. The van der Waals surface area contributed by atoms with Gasteiger partial charge in [0.1, 0.15) is 6.10 Å². The van der Waals surface area contributed by atoms with Crippen LogP contribution >= 0.6 is 0 Å².